The first-order valence-corrected chi connectivity index (χ1v) is 4.58. The number of aromatic nitrogens is 1. The van der Waals surface area contributed by atoms with Gasteiger partial charge in [-0.25, -0.2) is 0 Å². The topological polar surface area (TPSA) is 41.8 Å². The van der Waals surface area contributed by atoms with Crippen molar-refractivity contribution < 1.29 is 0 Å². The molecule has 2 rings (SSSR count). The summed E-state index contributed by atoms with van der Waals surface area (Å²) in [6.45, 7) is 2.81. The van der Waals surface area contributed by atoms with E-state index in [2.05, 4.69) is 36.2 Å². The molecule has 2 heteroatoms. The summed E-state index contributed by atoms with van der Waals surface area (Å²) < 4.78 is 0. The summed E-state index contributed by atoms with van der Waals surface area (Å²) in [5, 5.41) is 1.28. The van der Waals surface area contributed by atoms with Crippen LogP contribution in [0.15, 0.2) is 24.3 Å². The first kappa shape index (κ1) is 8.32. The molecule has 0 spiro atoms. The summed E-state index contributed by atoms with van der Waals surface area (Å²) >= 11 is 0. The highest BCUT2D eigenvalue weighted by molar-refractivity contribution is 5.81. The van der Waals surface area contributed by atoms with Gasteiger partial charge in [-0.05, 0) is 43.5 Å². The number of nitrogens with two attached hydrogens (primary N) is 1. The molecule has 1 aromatic heterocycles. The Labute approximate surface area is 77.8 Å². The Hall–Kier alpha value is -1.28. The van der Waals surface area contributed by atoms with Crippen molar-refractivity contribution in [3.05, 3.63) is 35.5 Å². The Morgan fingerprint density at radius 2 is 2.15 bits per heavy atom. The van der Waals surface area contributed by atoms with E-state index >= 15 is 0 Å². The molecule has 0 radical (unpaired) electrons. The molecule has 0 aliphatic rings. The summed E-state index contributed by atoms with van der Waals surface area (Å²) in [7, 11) is 0. The van der Waals surface area contributed by atoms with Crippen molar-refractivity contribution in [3.63, 3.8) is 0 Å². The Morgan fingerprint density at radius 3 is 2.92 bits per heavy atom. The van der Waals surface area contributed by atoms with Crippen molar-refractivity contribution >= 4 is 10.9 Å². The number of H-pyrrole nitrogens is 1. The maximum absolute atomic E-state index is 5.49. The molecule has 3 N–H and O–H groups in total. The minimum Gasteiger partial charge on any atom is -0.358 e. The standard InChI is InChI=1S/C11H14N2/c1-8-2-3-11-9(6-8)7-10(13-11)4-5-12/h2-3,6-7,13H,4-5,12H2,1H3. The summed E-state index contributed by atoms with van der Waals surface area (Å²) in [6, 6.07) is 8.59. The monoisotopic (exact) mass is 174 g/mol. The lowest BCUT2D eigenvalue weighted by Crippen LogP contribution is -2.02. The fraction of sp³-hybridized carbons (Fsp3) is 0.273. The third kappa shape index (κ3) is 1.58. The van der Waals surface area contributed by atoms with E-state index in [9.17, 15) is 0 Å². The van der Waals surface area contributed by atoms with Gasteiger partial charge in [-0.15, -0.1) is 0 Å². The zero-order valence-corrected chi connectivity index (χ0v) is 7.80. The second-order valence-electron chi connectivity index (χ2n) is 3.42. The van der Waals surface area contributed by atoms with Gasteiger partial charge in [-0.2, -0.15) is 0 Å². The smallest absolute Gasteiger partial charge is 0.0456 e. The molecule has 2 aromatic rings. The molecule has 13 heavy (non-hydrogen) atoms. The average molecular weight is 174 g/mol. The summed E-state index contributed by atoms with van der Waals surface area (Å²) in [5.41, 5.74) is 9.22. The Morgan fingerprint density at radius 1 is 1.31 bits per heavy atom. The van der Waals surface area contributed by atoms with E-state index in [1.54, 1.807) is 0 Å². The van der Waals surface area contributed by atoms with E-state index in [0.29, 0.717) is 6.54 Å². The number of hydrogen-bond acceptors (Lipinski definition) is 1. The van der Waals surface area contributed by atoms with E-state index in [4.69, 9.17) is 5.73 Å². The minimum absolute atomic E-state index is 0.700. The van der Waals surface area contributed by atoms with E-state index < -0.39 is 0 Å². The van der Waals surface area contributed by atoms with Crippen molar-refractivity contribution in [2.45, 2.75) is 13.3 Å². The molecule has 0 atom stereocenters. The zero-order chi connectivity index (χ0) is 9.26. The number of fused-ring (bicyclic) bond motifs is 1. The Bertz CT molecular complexity index is 415. The lowest BCUT2D eigenvalue weighted by molar-refractivity contribution is 0.940. The van der Waals surface area contributed by atoms with Crippen LogP contribution >= 0.6 is 0 Å². The van der Waals surface area contributed by atoms with Crippen LogP contribution in [0.2, 0.25) is 0 Å². The van der Waals surface area contributed by atoms with Crippen molar-refractivity contribution in [2.75, 3.05) is 6.54 Å². The van der Waals surface area contributed by atoms with Crippen LogP contribution in [0.25, 0.3) is 10.9 Å². The van der Waals surface area contributed by atoms with Crippen molar-refractivity contribution in [2.24, 2.45) is 5.73 Å². The Kier molecular flexibility index (Phi) is 2.07. The fourth-order valence-corrected chi connectivity index (χ4v) is 1.60. The SMILES string of the molecule is Cc1ccc2[nH]c(CCN)cc2c1. The number of rotatable bonds is 2. The number of benzene rings is 1. The first-order valence-electron chi connectivity index (χ1n) is 4.58. The molecule has 0 saturated heterocycles. The van der Waals surface area contributed by atoms with Crippen LogP contribution in [0.1, 0.15) is 11.3 Å². The van der Waals surface area contributed by atoms with E-state index in [1.807, 2.05) is 0 Å². The third-order valence-corrected chi connectivity index (χ3v) is 2.25. The molecule has 0 bridgehead atoms. The fourth-order valence-electron chi connectivity index (χ4n) is 1.60. The quantitative estimate of drug-likeness (QED) is 0.718. The second-order valence-corrected chi connectivity index (χ2v) is 3.42. The minimum atomic E-state index is 0.700. The average Bonchev–Trinajstić information content (AvgIpc) is 2.46. The van der Waals surface area contributed by atoms with E-state index in [1.165, 1.54) is 22.2 Å². The molecule has 2 nitrogen and oxygen atoms in total. The number of hydrogen-bond donors (Lipinski definition) is 2. The maximum Gasteiger partial charge on any atom is 0.0456 e. The lowest BCUT2D eigenvalue weighted by atomic mass is 10.2. The van der Waals surface area contributed by atoms with Crippen LogP contribution in [0, 0.1) is 6.92 Å². The molecule has 1 heterocycles. The molecule has 1 aromatic carbocycles. The predicted octanol–water partition coefficient (Wildman–Crippen LogP) is 1.98. The van der Waals surface area contributed by atoms with Crippen LogP contribution in [0.5, 0.6) is 0 Å². The zero-order valence-electron chi connectivity index (χ0n) is 7.80. The van der Waals surface area contributed by atoms with Gasteiger partial charge >= 0.3 is 0 Å². The lowest BCUT2D eigenvalue weighted by Gasteiger charge is -1.91. The normalized spacial score (nSPS) is 10.9. The largest absolute Gasteiger partial charge is 0.358 e. The molecule has 0 amide bonds. The molecule has 0 fully saturated rings. The van der Waals surface area contributed by atoms with Gasteiger partial charge in [0.05, 0.1) is 0 Å². The molecular formula is C11H14N2. The highest BCUT2D eigenvalue weighted by Gasteiger charge is 1.99. The first-order chi connectivity index (χ1) is 6.29. The van der Waals surface area contributed by atoms with Crippen LogP contribution in [-0.2, 0) is 6.42 Å². The molecule has 0 unspecified atom stereocenters. The molecule has 68 valence electrons. The van der Waals surface area contributed by atoms with Gasteiger partial charge in [0.25, 0.3) is 0 Å². The van der Waals surface area contributed by atoms with E-state index in [-0.39, 0.29) is 0 Å². The van der Waals surface area contributed by atoms with Gasteiger partial charge in [0, 0.05) is 11.2 Å². The Balaban J connectivity index is 2.49. The van der Waals surface area contributed by atoms with E-state index in [0.717, 1.165) is 6.42 Å². The highest BCUT2D eigenvalue weighted by atomic mass is 14.7. The van der Waals surface area contributed by atoms with Gasteiger partial charge in [-0.3, -0.25) is 0 Å². The van der Waals surface area contributed by atoms with Gasteiger partial charge in [0.1, 0.15) is 0 Å². The number of nitrogens with one attached hydrogen (secondary N) is 1. The van der Waals surface area contributed by atoms with Crippen molar-refractivity contribution in [3.8, 4) is 0 Å². The third-order valence-electron chi connectivity index (χ3n) is 2.25. The van der Waals surface area contributed by atoms with Gasteiger partial charge in [0.15, 0.2) is 0 Å². The van der Waals surface area contributed by atoms with Crippen molar-refractivity contribution in [1.29, 1.82) is 0 Å². The summed E-state index contributed by atoms with van der Waals surface area (Å²) in [4.78, 5) is 3.34. The van der Waals surface area contributed by atoms with Gasteiger partial charge in [-0.1, -0.05) is 11.6 Å². The van der Waals surface area contributed by atoms with Crippen LogP contribution in [-0.4, -0.2) is 11.5 Å². The summed E-state index contributed by atoms with van der Waals surface area (Å²) in [5.74, 6) is 0. The van der Waals surface area contributed by atoms with Crippen LogP contribution in [0.3, 0.4) is 0 Å². The predicted molar refractivity (Wildman–Crippen MR) is 55.8 cm³/mol. The molecule has 0 saturated carbocycles. The number of aromatic amines is 1. The molecule has 0 aliphatic heterocycles. The van der Waals surface area contributed by atoms with Gasteiger partial charge in [0.2, 0.25) is 0 Å². The van der Waals surface area contributed by atoms with Crippen LogP contribution < -0.4 is 5.73 Å². The van der Waals surface area contributed by atoms with Gasteiger partial charge < -0.3 is 10.7 Å². The maximum atomic E-state index is 5.49. The summed E-state index contributed by atoms with van der Waals surface area (Å²) in [6.07, 6.45) is 0.924. The highest BCUT2D eigenvalue weighted by Crippen LogP contribution is 2.16. The molecule has 0 aliphatic carbocycles. The van der Waals surface area contributed by atoms with Crippen LogP contribution in [0.4, 0.5) is 0 Å². The van der Waals surface area contributed by atoms with Crippen molar-refractivity contribution in [1.82, 2.24) is 4.98 Å². The second kappa shape index (κ2) is 3.23. The molecular weight excluding hydrogens is 160 g/mol. The number of aryl methyl sites for hydroxylation is 1.